The second kappa shape index (κ2) is 4.07. The molecular formula is C15H13NO. The van der Waals surface area contributed by atoms with Crippen LogP contribution in [0.15, 0.2) is 59.0 Å². The Bertz CT molecular complexity index is 640. The molecule has 2 heteroatoms. The highest BCUT2D eigenvalue weighted by molar-refractivity contribution is 5.87. The van der Waals surface area contributed by atoms with E-state index in [0.29, 0.717) is 6.54 Å². The standard InChI is InChI=1S/C15H13NO/c16-10-13-12-8-4-5-9-14(12)17-15(13)11-6-2-1-3-7-11/h1-9H,10,16H2. The number of furan rings is 1. The fourth-order valence-electron chi connectivity index (χ4n) is 2.12. The van der Waals surface area contributed by atoms with Gasteiger partial charge in [-0.2, -0.15) is 0 Å². The van der Waals surface area contributed by atoms with Crippen LogP contribution in [0.3, 0.4) is 0 Å². The van der Waals surface area contributed by atoms with Gasteiger partial charge >= 0.3 is 0 Å². The van der Waals surface area contributed by atoms with Crippen molar-refractivity contribution in [1.82, 2.24) is 0 Å². The lowest BCUT2D eigenvalue weighted by Crippen LogP contribution is -1.96. The lowest BCUT2D eigenvalue weighted by Gasteiger charge is -1.99. The summed E-state index contributed by atoms with van der Waals surface area (Å²) in [5.41, 5.74) is 8.88. The monoisotopic (exact) mass is 223 g/mol. The van der Waals surface area contributed by atoms with Crippen LogP contribution < -0.4 is 5.73 Å². The molecule has 0 aliphatic rings. The van der Waals surface area contributed by atoms with Crippen molar-refractivity contribution in [2.45, 2.75) is 6.54 Å². The highest BCUT2D eigenvalue weighted by atomic mass is 16.3. The zero-order chi connectivity index (χ0) is 11.7. The van der Waals surface area contributed by atoms with Crippen LogP contribution in [0.4, 0.5) is 0 Å². The third-order valence-corrected chi connectivity index (χ3v) is 2.94. The second-order valence-corrected chi connectivity index (χ2v) is 3.98. The van der Waals surface area contributed by atoms with Gasteiger partial charge in [0.25, 0.3) is 0 Å². The Morgan fingerprint density at radius 3 is 2.35 bits per heavy atom. The van der Waals surface area contributed by atoms with Crippen LogP contribution >= 0.6 is 0 Å². The van der Waals surface area contributed by atoms with Crippen LogP contribution in [0.1, 0.15) is 5.56 Å². The Labute approximate surface area is 99.7 Å². The van der Waals surface area contributed by atoms with Gasteiger partial charge in [0.2, 0.25) is 0 Å². The molecule has 0 aliphatic carbocycles. The van der Waals surface area contributed by atoms with Gasteiger partial charge in [0.1, 0.15) is 11.3 Å². The van der Waals surface area contributed by atoms with Gasteiger partial charge in [-0.3, -0.25) is 0 Å². The van der Waals surface area contributed by atoms with E-state index in [1.807, 2.05) is 54.6 Å². The summed E-state index contributed by atoms with van der Waals surface area (Å²) in [6.45, 7) is 0.487. The van der Waals surface area contributed by atoms with Crippen molar-refractivity contribution in [1.29, 1.82) is 0 Å². The Morgan fingerprint density at radius 2 is 1.59 bits per heavy atom. The molecule has 0 bridgehead atoms. The number of rotatable bonds is 2. The molecule has 0 fully saturated rings. The fourth-order valence-corrected chi connectivity index (χ4v) is 2.12. The molecule has 3 aromatic rings. The molecule has 2 nitrogen and oxygen atoms in total. The lowest BCUT2D eigenvalue weighted by molar-refractivity contribution is 0.627. The Balaban J connectivity index is 2.30. The van der Waals surface area contributed by atoms with E-state index in [1.54, 1.807) is 0 Å². The van der Waals surface area contributed by atoms with Gasteiger partial charge in [0.15, 0.2) is 0 Å². The quantitative estimate of drug-likeness (QED) is 0.721. The van der Waals surface area contributed by atoms with Gasteiger partial charge in [-0.15, -0.1) is 0 Å². The molecule has 17 heavy (non-hydrogen) atoms. The minimum Gasteiger partial charge on any atom is -0.456 e. The van der Waals surface area contributed by atoms with Crippen LogP contribution in [-0.2, 0) is 6.54 Å². The highest BCUT2D eigenvalue weighted by Crippen LogP contribution is 2.32. The fraction of sp³-hybridized carbons (Fsp3) is 0.0667. The molecule has 0 saturated heterocycles. The van der Waals surface area contributed by atoms with Gasteiger partial charge in [0, 0.05) is 23.1 Å². The molecule has 0 aliphatic heterocycles. The SMILES string of the molecule is NCc1c(-c2ccccc2)oc2ccccc12. The van der Waals surface area contributed by atoms with Crippen molar-refractivity contribution < 1.29 is 4.42 Å². The number of nitrogens with two attached hydrogens (primary N) is 1. The van der Waals surface area contributed by atoms with E-state index in [-0.39, 0.29) is 0 Å². The van der Waals surface area contributed by atoms with Crippen molar-refractivity contribution in [2.75, 3.05) is 0 Å². The summed E-state index contributed by atoms with van der Waals surface area (Å²) in [6.07, 6.45) is 0. The smallest absolute Gasteiger partial charge is 0.139 e. The van der Waals surface area contributed by atoms with E-state index in [9.17, 15) is 0 Å². The van der Waals surface area contributed by atoms with E-state index in [4.69, 9.17) is 10.2 Å². The van der Waals surface area contributed by atoms with Crippen molar-refractivity contribution >= 4 is 11.0 Å². The van der Waals surface area contributed by atoms with Crippen LogP contribution in [0.2, 0.25) is 0 Å². The molecule has 0 spiro atoms. The average molecular weight is 223 g/mol. The molecule has 0 radical (unpaired) electrons. The number of fused-ring (bicyclic) bond motifs is 1. The molecule has 2 N–H and O–H groups in total. The summed E-state index contributed by atoms with van der Waals surface area (Å²) in [5, 5.41) is 1.11. The van der Waals surface area contributed by atoms with E-state index >= 15 is 0 Å². The number of benzene rings is 2. The van der Waals surface area contributed by atoms with Gasteiger partial charge in [-0.05, 0) is 6.07 Å². The maximum absolute atomic E-state index is 5.90. The summed E-state index contributed by atoms with van der Waals surface area (Å²) in [6, 6.07) is 18.1. The number of para-hydroxylation sites is 1. The van der Waals surface area contributed by atoms with Crippen molar-refractivity contribution in [3.63, 3.8) is 0 Å². The first kappa shape index (κ1) is 10.1. The summed E-state index contributed by atoms with van der Waals surface area (Å²) in [7, 11) is 0. The predicted molar refractivity (Wildman–Crippen MR) is 69.5 cm³/mol. The van der Waals surface area contributed by atoms with Crippen molar-refractivity contribution in [3.8, 4) is 11.3 Å². The van der Waals surface area contributed by atoms with Gasteiger partial charge in [0.05, 0.1) is 0 Å². The second-order valence-electron chi connectivity index (χ2n) is 3.98. The van der Waals surface area contributed by atoms with Gasteiger partial charge in [-0.1, -0.05) is 48.5 Å². The van der Waals surface area contributed by atoms with E-state index < -0.39 is 0 Å². The predicted octanol–water partition coefficient (Wildman–Crippen LogP) is 3.56. The topological polar surface area (TPSA) is 39.2 Å². The van der Waals surface area contributed by atoms with Crippen LogP contribution in [0.25, 0.3) is 22.3 Å². The highest BCUT2D eigenvalue weighted by Gasteiger charge is 2.13. The molecule has 84 valence electrons. The van der Waals surface area contributed by atoms with Crippen molar-refractivity contribution in [2.24, 2.45) is 5.73 Å². The maximum Gasteiger partial charge on any atom is 0.139 e. The third kappa shape index (κ3) is 1.63. The van der Waals surface area contributed by atoms with Gasteiger partial charge in [-0.25, -0.2) is 0 Å². The Morgan fingerprint density at radius 1 is 0.882 bits per heavy atom. The molecule has 0 atom stereocenters. The van der Waals surface area contributed by atoms with Crippen LogP contribution in [0, 0.1) is 0 Å². The Kier molecular flexibility index (Phi) is 2.42. The number of hydrogen-bond acceptors (Lipinski definition) is 2. The average Bonchev–Trinajstić information content (AvgIpc) is 2.78. The molecule has 2 aromatic carbocycles. The molecule has 0 saturated carbocycles. The number of hydrogen-bond donors (Lipinski definition) is 1. The van der Waals surface area contributed by atoms with E-state index in [1.165, 1.54) is 0 Å². The molecule has 1 aromatic heterocycles. The first-order chi connectivity index (χ1) is 8.40. The minimum atomic E-state index is 0.487. The molecular weight excluding hydrogens is 210 g/mol. The first-order valence-electron chi connectivity index (χ1n) is 5.66. The molecule has 0 unspecified atom stereocenters. The summed E-state index contributed by atoms with van der Waals surface area (Å²) in [4.78, 5) is 0. The normalized spacial score (nSPS) is 10.9. The molecule has 0 amide bonds. The van der Waals surface area contributed by atoms with Crippen LogP contribution in [-0.4, -0.2) is 0 Å². The summed E-state index contributed by atoms with van der Waals surface area (Å²) in [5.74, 6) is 0.884. The van der Waals surface area contributed by atoms with Crippen molar-refractivity contribution in [3.05, 3.63) is 60.2 Å². The summed E-state index contributed by atoms with van der Waals surface area (Å²) >= 11 is 0. The zero-order valence-electron chi connectivity index (χ0n) is 9.39. The molecule has 1 heterocycles. The zero-order valence-corrected chi connectivity index (χ0v) is 9.39. The Hall–Kier alpha value is -2.06. The summed E-state index contributed by atoms with van der Waals surface area (Å²) < 4.78 is 5.90. The first-order valence-corrected chi connectivity index (χ1v) is 5.66. The minimum absolute atomic E-state index is 0.487. The van der Waals surface area contributed by atoms with Crippen LogP contribution in [0.5, 0.6) is 0 Å². The van der Waals surface area contributed by atoms with Gasteiger partial charge < -0.3 is 10.2 Å². The largest absolute Gasteiger partial charge is 0.456 e. The third-order valence-electron chi connectivity index (χ3n) is 2.94. The lowest BCUT2D eigenvalue weighted by atomic mass is 10.1. The van der Waals surface area contributed by atoms with E-state index in [2.05, 4.69) is 0 Å². The van der Waals surface area contributed by atoms with E-state index in [0.717, 1.165) is 27.9 Å². The maximum atomic E-state index is 5.90. The molecule has 3 rings (SSSR count).